The number of esters is 1. The van der Waals surface area contributed by atoms with Crippen LogP contribution in [0.25, 0.3) is 0 Å². The molecule has 2 aromatic rings. The van der Waals surface area contributed by atoms with E-state index in [1.54, 1.807) is 14.0 Å². The molecule has 7 heteroatoms. The van der Waals surface area contributed by atoms with Crippen LogP contribution in [0.1, 0.15) is 46.1 Å². The molecule has 1 aliphatic carbocycles. The van der Waals surface area contributed by atoms with E-state index in [4.69, 9.17) is 9.47 Å². The number of quaternary nitrogens is 1. The van der Waals surface area contributed by atoms with E-state index in [0.717, 1.165) is 35.6 Å². The molecule has 1 fully saturated rings. The lowest BCUT2D eigenvalue weighted by Crippen LogP contribution is -3.13. The molecule has 1 saturated carbocycles. The van der Waals surface area contributed by atoms with Crippen LogP contribution in [0.5, 0.6) is 5.75 Å². The van der Waals surface area contributed by atoms with Gasteiger partial charge in [-0.1, -0.05) is 0 Å². The fourth-order valence-corrected chi connectivity index (χ4v) is 4.45. The minimum absolute atomic E-state index is 0.0767. The maximum atomic E-state index is 12.8. The summed E-state index contributed by atoms with van der Waals surface area (Å²) in [6.07, 6.45) is 2.29. The molecule has 1 heterocycles. The molecule has 2 N–H and O–H groups in total. The van der Waals surface area contributed by atoms with Crippen molar-refractivity contribution in [2.24, 2.45) is 0 Å². The topological polar surface area (TPSA) is 69.1 Å². The molecule has 1 unspecified atom stereocenters. The van der Waals surface area contributed by atoms with E-state index >= 15 is 0 Å². The largest absolute Gasteiger partial charge is 0.497 e. The summed E-state index contributed by atoms with van der Waals surface area (Å²) in [4.78, 5) is 27.4. The number of amides is 1. The average Bonchev–Trinajstić information content (AvgIpc) is 3.49. The number of anilines is 1. The maximum absolute atomic E-state index is 12.8. The summed E-state index contributed by atoms with van der Waals surface area (Å²) in [6, 6.07) is 8.50. The standard InChI is InChI=1S/C22H28N2O4S/c1-5-28-22(26)20-14(2)15(3)29-21(20)23-19(25)13-24(17-8-9-17)12-16-6-10-18(27-4)11-7-16/h6-7,10-11,17H,5,8-9,12-13H2,1-4H3,(H,23,25)/p+1. The van der Waals surface area contributed by atoms with E-state index in [1.165, 1.54) is 21.8 Å². The van der Waals surface area contributed by atoms with Crippen molar-refractivity contribution in [2.75, 3.05) is 25.6 Å². The SMILES string of the molecule is CCOC(=O)c1c(NC(=O)C[NH+](Cc2ccc(OC)cc2)C2CC2)sc(C)c1C. The van der Waals surface area contributed by atoms with Crippen LogP contribution in [0.2, 0.25) is 0 Å². The fraction of sp³-hybridized carbons (Fsp3) is 0.455. The van der Waals surface area contributed by atoms with Crippen LogP contribution in [-0.4, -0.2) is 38.2 Å². The Morgan fingerprint density at radius 3 is 2.48 bits per heavy atom. The van der Waals surface area contributed by atoms with Crippen molar-refractivity contribution in [3.8, 4) is 5.75 Å². The Morgan fingerprint density at radius 2 is 1.90 bits per heavy atom. The lowest BCUT2D eigenvalue weighted by molar-refractivity contribution is -0.916. The van der Waals surface area contributed by atoms with Gasteiger partial charge in [0.25, 0.3) is 5.91 Å². The molecule has 29 heavy (non-hydrogen) atoms. The van der Waals surface area contributed by atoms with Gasteiger partial charge in [0.2, 0.25) is 0 Å². The van der Waals surface area contributed by atoms with Gasteiger partial charge in [-0.05, 0) is 50.6 Å². The average molecular weight is 418 g/mol. The fourth-order valence-electron chi connectivity index (χ4n) is 3.39. The first-order valence-electron chi connectivity index (χ1n) is 9.97. The lowest BCUT2D eigenvalue weighted by atomic mass is 10.1. The van der Waals surface area contributed by atoms with Gasteiger partial charge in [0, 0.05) is 23.3 Å². The molecule has 1 aromatic heterocycles. The van der Waals surface area contributed by atoms with Crippen molar-refractivity contribution < 1.29 is 24.0 Å². The number of hydrogen-bond acceptors (Lipinski definition) is 5. The van der Waals surface area contributed by atoms with Crippen molar-refractivity contribution in [3.63, 3.8) is 0 Å². The van der Waals surface area contributed by atoms with E-state index in [9.17, 15) is 9.59 Å². The van der Waals surface area contributed by atoms with Crippen LogP contribution in [0, 0.1) is 13.8 Å². The number of benzene rings is 1. The van der Waals surface area contributed by atoms with Crippen LogP contribution >= 0.6 is 11.3 Å². The first-order chi connectivity index (χ1) is 13.9. The normalized spacial score (nSPS) is 14.3. The van der Waals surface area contributed by atoms with Gasteiger partial charge >= 0.3 is 5.97 Å². The summed E-state index contributed by atoms with van der Waals surface area (Å²) in [5.41, 5.74) is 2.52. The van der Waals surface area contributed by atoms with E-state index < -0.39 is 0 Å². The molecule has 1 atom stereocenters. The maximum Gasteiger partial charge on any atom is 0.341 e. The first kappa shape index (κ1) is 21.3. The highest BCUT2D eigenvalue weighted by atomic mass is 32.1. The molecule has 6 nitrogen and oxygen atoms in total. The minimum Gasteiger partial charge on any atom is -0.497 e. The van der Waals surface area contributed by atoms with Gasteiger partial charge < -0.3 is 19.7 Å². The van der Waals surface area contributed by atoms with Gasteiger partial charge in [-0.2, -0.15) is 0 Å². The van der Waals surface area contributed by atoms with Gasteiger partial charge in [0.15, 0.2) is 6.54 Å². The third-order valence-corrected chi connectivity index (χ3v) is 6.37. The summed E-state index contributed by atoms with van der Waals surface area (Å²) < 4.78 is 10.4. The number of methoxy groups -OCH3 is 1. The number of carbonyl (C=O) groups excluding carboxylic acids is 2. The van der Waals surface area contributed by atoms with Gasteiger partial charge in [0.1, 0.15) is 17.3 Å². The first-order valence-corrected chi connectivity index (χ1v) is 10.8. The Kier molecular flexibility index (Phi) is 6.92. The molecule has 3 rings (SSSR count). The second-order valence-corrected chi connectivity index (χ2v) is 8.61. The Hall–Kier alpha value is -2.38. The Labute approximate surface area is 175 Å². The summed E-state index contributed by atoms with van der Waals surface area (Å²) in [5, 5.41) is 3.55. The highest BCUT2D eigenvalue weighted by Gasteiger charge is 2.35. The van der Waals surface area contributed by atoms with Crippen LogP contribution in [-0.2, 0) is 16.1 Å². The second kappa shape index (κ2) is 9.41. The number of carbonyl (C=O) groups is 2. The molecule has 1 amide bonds. The van der Waals surface area contributed by atoms with Crippen LogP contribution < -0.4 is 15.0 Å². The van der Waals surface area contributed by atoms with E-state index in [-0.39, 0.29) is 11.9 Å². The molecule has 0 aliphatic heterocycles. The summed E-state index contributed by atoms with van der Waals surface area (Å²) in [7, 11) is 1.65. The van der Waals surface area contributed by atoms with E-state index in [1.807, 2.05) is 38.1 Å². The minimum atomic E-state index is -0.380. The van der Waals surface area contributed by atoms with Gasteiger partial charge in [-0.25, -0.2) is 4.79 Å². The molecule has 156 valence electrons. The van der Waals surface area contributed by atoms with Crippen molar-refractivity contribution in [1.82, 2.24) is 0 Å². The quantitative estimate of drug-likeness (QED) is 0.616. The zero-order chi connectivity index (χ0) is 21.0. The van der Waals surface area contributed by atoms with Crippen LogP contribution in [0.4, 0.5) is 5.00 Å². The number of hydrogen-bond donors (Lipinski definition) is 2. The number of thiophene rings is 1. The zero-order valence-electron chi connectivity index (χ0n) is 17.5. The Morgan fingerprint density at radius 1 is 1.21 bits per heavy atom. The van der Waals surface area contributed by atoms with Crippen molar-refractivity contribution >= 4 is 28.2 Å². The van der Waals surface area contributed by atoms with Gasteiger partial charge in [-0.3, -0.25) is 4.79 Å². The van der Waals surface area contributed by atoms with Crippen LogP contribution in [0.3, 0.4) is 0 Å². The van der Waals surface area contributed by atoms with E-state index in [0.29, 0.717) is 29.8 Å². The predicted octanol–water partition coefficient (Wildman–Crippen LogP) is 2.74. The number of ether oxygens (including phenoxy) is 2. The highest BCUT2D eigenvalue weighted by Crippen LogP contribution is 2.33. The molecule has 0 bridgehead atoms. The molecule has 0 radical (unpaired) electrons. The molecule has 1 aromatic carbocycles. The Bertz CT molecular complexity index is 872. The van der Waals surface area contributed by atoms with Gasteiger partial charge in [-0.15, -0.1) is 11.3 Å². The molecular formula is C22H29N2O4S+. The lowest BCUT2D eigenvalue weighted by Gasteiger charge is -2.19. The summed E-state index contributed by atoms with van der Waals surface area (Å²) >= 11 is 1.43. The zero-order valence-corrected chi connectivity index (χ0v) is 18.3. The van der Waals surface area contributed by atoms with Crippen molar-refractivity contribution in [3.05, 3.63) is 45.8 Å². The number of rotatable bonds is 9. The molecule has 0 spiro atoms. The molecular weight excluding hydrogens is 388 g/mol. The highest BCUT2D eigenvalue weighted by molar-refractivity contribution is 7.16. The third kappa shape index (κ3) is 5.36. The van der Waals surface area contributed by atoms with Crippen molar-refractivity contribution in [1.29, 1.82) is 0 Å². The summed E-state index contributed by atoms with van der Waals surface area (Å²) in [6.45, 7) is 7.08. The number of aryl methyl sites for hydroxylation is 1. The smallest absolute Gasteiger partial charge is 0.341 e. The molecule has 1 aliphatic rings. The monoisotopic (exact) mass is 417 g/mol. The second-order valence-electron chi connectivity index (χ2n) is 7.39. The number of nitrogens with one attached hydrogen (secondary N) is 2. The van der Waals surface area contributed by atoms with Crippen LogP contribution in [0.15, 0.2) is 24.3 Å². The van der Waals surface area contributed by atoms with Crippen molar-refractivity contribution in [2.45, 2.75) is 46.2 Å². The molecule has 0 saturated heterocycles. The predicted molar refractivity (Wildman–Crippen MR) is 114 cm³/mol. The summed E-state index contributed by atoms with van der Waals surface area (Å²) in [5.74, 6) is 0.371. The van der Waals surface area contributed by atoms with E-state index in [2.05, 4.69) is 5.32 Å². The Balaban J connectivity index is 1.68. The third-order valence-electron chi connectivity index (χ3n) is 5.25. The van der Waals surface area contributed by atoms with Gasteiger partial charge in [0.05, 0.1) is 25.3 Å².